The molecule has 4 nitrogen and oxygen atoms in total. The Morgan fingerprint density at radius 1 is 1.21 bits per heavy atom. The number of aryl methyl sites for hydroxylation is 1. The molecule has 0 saturated carbocycles. The van der Waals surface area contributed by atoms with Crippen LogP contribution < -0.4 is 10.6 Å². The summed E-state index contributed by atoms with van der Waals surface area (Å²) in [5.41, 5.74) is 2.68. The van der Waals surface area contributed by atoms with E-state index in [1.165, 1.54) is 16.0 Å². The Balaban J connectivity index is 1.63. The maximum Gasteiger partial charge on any atom is 0.401 e. The summed E-state index contributed by atoms with van der Waals surface area (Å²) in [6.07, 6.45) is -1.34. The van der Waals surface area contributed by atoms with Crippen LogP contribution in [-0.4, -0.2) is 56.8 Å². The van der Waals surface area contributed by atoms with Gasteiger partial charge in [-0.15, -0.1) is 0 Å². The van der Waals surface area contributed by atoms with Crippen LogP contribution in [0.1, 0.15) is 43.7 Å². The number of nitrogens with zero attached hydrogens (tertiary/aromatic N) is 2. The minimum Gasteiger partial charge on any atom is -0.356 e. The lowest BCUT2D eigenvalue weighted by Gasteiger charge is -2.18. The number of rotatable bonds is 8. The lowest BCUT2D eigenvalue weighted by Crippen LogP contribution is -2.41. The smallest absolute Gasteiger partial charge is 0.356 e. The standard InChI is InChI=1S/C21H33F3N4/c1-16(2)19-8-6-17(7-9-19)5-4-11-26-20(25-3)27-13-18-10-12-28(14-18)15-21(22,23)24/h6-9,16,18H,4-5,10-15H2,1-3H3,(H2,25,26,27). The Morgan fingerprint density at radius 3 is 2.54 bits per heavy atom. The lowest BCUT2D eigenvalue weighted by atomic mass is 10.0. The molecule has 2 rings (SSSR count). The second-order valence-corrected chi connectivity index (χ2v) is 7.88. The van der Waals surface area contributed by atoms with Crippen LogP contribution in [-0.2, 0) is 6.42 Å². The molecule has 0 aliphatic carbocycles. The van der Waals surface area contributed by atoms with E-state index in [2.05, 4.69) is 53.7 Å². The zero-order valence-electron chi connectivity index (χ0n) is 17.1. The van der Waals surface area contributed by atoms with E-state index in [9.17, 15) is 13.2 Å². The minimum atomic E-state index is -4.12. The zero-order chi connectivity index (χ0) is 20.6. The van der Waals surface area contributed by atoms with Crippen molar-refractivity contribution in [2.24, 2.45) is 10.9 Å². The van der Waals surface area contributed by atoms with Gasteiger partial charge in [-0.05, 0) is 48.8 Å². The molecule has 0 spiro atoms. The first-order valence-electron chi connectivity index (χ1n) is 10.1. The highest BCUT2D eigenvalue weighted by Crippen LogP contribution is 2.22. The molecule has 1 aromatic rings. The summed E-state index contributed by atoms with van der Waals surface area (Å²) < 4.78 is 37.4. The fourth-order valence-electron chi connectivity index (χ4n) is 3.51. The van der Waals surface area contributed by atoms with E-state index in [1.807, 2.05) is 0 Å². The third kappa shape index (κ3) is 8.09. The van der Waals surface area contributed by atoms with Gasteiger partial charge in [-0.2, -0.15) is 13.2 Å². The van der Waals surface area contributed by atoms with Crippen LogP contribution in [0.15, 0.2) is 29.3 Å². The fraction of sp³-hybridized carbons (Fsp3) is 0.667. The number of likely N-dealkylation sites (tertiary alicyclic amines) is 1. The van der Waals surface area contributed by atoms with Crippen molar-refractivity contribution in [2.75, 3.05) is 39.8 Å². The third-order valence-electron chi connectivity index (χ3n) is 5.14. The van der Waals surface area contributed by atoms with E-state index in [1.54, 1.807) is 7.05 Å². The molecule has 0 radical (unpaired) electrons. The van der Waals surface area contributed by atoms with Crippen LogP contribution >= 0.6 is 0 Å². The molecule has 28 heavy (non-hydrogen) atoms. The molecule has 1 unspecified atom stereocenters. The van der Waals surface area contributed by atoms with Gasteiger partial charge in [-0.1, -0.05) is 38.1 Å². The van der Waals surface area contributed by atoms with E-state index in [0.717, 1.165) is 25.8 Å². The number of nitrogens with one attached hydrogen (secondary N) is 2. The maximum absolute atomic E-state index is 12.5. The molecule has 2 N–H and O–H groups in total. The molecule has 1 saturated heterocycles. The number of hydrogen-bond donors (Lipinski definition) is 2. The van der Waals surface area contributed by atoms with Crippen LogP contribution in [0.5, 0.6) is 0 Å². The Morgan fingerprint density at radius 2 is 1.93 bits per heavy atom. The fourth-order valence-corrected chi connectivity index (χ4v) is 3.51. The summed E-state index contributed by atoms with van der Waals surface area (Å²) >= 11 is 0. The summed E-state index contributed by atoms with van der Waals surface area (Å²) in [6.45, 7) is 6.01. The molecule has 1 atom stereocenters. The zero-order valence-corrected chi connectivity index (χ0v) is 17.1. The Bertz CT molecular complexity index is 611. The van der Waals surface area contributed by atoms with Gasteiger partial charge in [0.05, 0.1) is 6.54 Å². The second-order valence-electron chi connectivity index (χ2n) is 7.88. The van der Waals surface area contributed by atoms with Crippen LogP contribution in [0.2, 0.25) is 0 Å². The van der Waals surface area contributed by atoms with Gasteiger partial charge in [0.1, 0.15) is 0 Å². The maximum atomic E-state index is 12.5. The normalized spacial score (nSPS) is 18.7. The van der Waals surface area contributed by atoms with Gasteiger partial charge in [0, 0.05) is 26.7 Å². The van der Waals surface area contributed by atoms with Gasteiger partial charge < -0.3 is 10.6 Å². The van der Waals surface area contributed by atoms with Gasteiger partial charge in [0.25, 0.3) is 0 Å². The van der Waals surface area contributed by atoms with Crippen LogP contribution in [0.25, 0.3) is 0 Å². The molecular formula is C21H33F3N4. The van der Waals surface area contributed by atoms with E-state index in [-0.39, 0.29) is 5.92 Å². The number of alkyl halides is 3. The predicted octanol–water partition coefficient (Wildman–Crippen LogP) is 3.79. The van der Waals surface area contributed by atoms with Gasteiger partial charge in [0.2, 0.25) is 0 Å². The largest absolute Gasteiger partial charge is 0.401 e. The van der Waals surface area contributed by atoms with Crippen molar-refractivity contribution in [1.29, 1.82) is 0 Å². The molecular weight excluding hydrogens is 365 g/mol. The van der Waals surface area contributed by atoms with Crippen LogP contribution in [0, 0.1) is 5.92 Å². The molecule has 158 valence electrons. The highest BCUT2D eigenvalue weighted by atomic mass is 19.4. The van der Waals surface area contributed by atoms with Crippen molar-refractivity contribution in [3.63, 3.8) is 0 Å². The summed E-state index contributed by atoms with van der Waals surface area (Å²) in [5.74, 6) is 1.48. The molecule has 0 amide bonds. The highest BCUT2D eigenvalue weighted by Gasteiger charge is 2.34. The molecule has 0 bridgehead atoms. The first-order chi connectivity index (χ1) is 13.3. The van der Waals surface area contributed by atoms with Gasteiger partial charge in [-0.3, -0.25) is 9.89 Å². The Hall–Kier alpha value is -1.76. The predicted molar refractivity (Wildman–Crippen MR) is 109 cm³/mol. The van der Waals surface area contributed by atoms with E-state index >= 15 is 0 Å². The first-order valence-corrected chi connectivity index (χ1v) is 10.1. The topological polar surface area (TPSA) is 39.7 Å². The number of halogens is 3. The van der Waals surface area contributed by atoms with E-state index in [4.69, 9.17) is 0 Å². The summed E-state index contributed by atoms with van der Waals surface area (Å²) in [5, 5.41) is 6.53. The van der Waals surface area contributed by atoms with Crippen molar-refractivity contribution < 1.29 is 13.2 Å². The number of hydrogen-bond acceptors (Lipinski definition) is 2. The third-order valence-corrected chi connectivity index (χ3v) is 5.14. The summed E-state index contributed by atoms with van der Waals surface area (Å²) in [4.78, 5) is 5.68. The average molecular weight is 399 g/mol. The van der Waals surface area contributed by atoms with Crippen LogP contribution in [0.3, 0.4) is 0 Å². The number of benzene rings is 1. The van der Waals surface area contributed by atoms with Gasteiger partial charge in [-0.25, -0.2) is 0 Å². The number of aliphatic imine (C=N–C) groups is 1. The van der Waals surface area contributed by atoms with Crippen molar-refractivity contribution in [2.45, 2.75) is 45.2 Å². The van der Waals surface area contributed by atoms with Crippen LogP contribution in [0.4, 0.5) is 13.2 Å². The number of guanidine groups is 1. The molecule has 7 heteroatoms. The minimum absolute atomic E-state index is 0.223. The van der Waals surface area contributed by atoms with Crippen molar-refractivity contribution in [3.05, 3.63) is 35.4 Å². The second kappa shape index (κ2) is 10.7. The van der Waals surface area contributed by atoms with Crippen molar-refractivity contribution in [1.82, 2.24) is 15.5 Å². The van der Waals surface area contributed by atoms with Gasteiger partial charge in [0.15, 0.2) is 5.96 Å². The first kappa shape index (κ1) is 22.5. The molecule has 1 aliphatic heterocycles. The van der Waals surface area contributed by atoms with Gasteiger partial charge >= 0.3 is 6.18 Å². The SMILES string of the molecule is CN=C(NCCCc1ccc(C(C)C)cc1)NCC1CCN(CC(F)(F)F)C1. The molecule has 1 heterocycles. The molecule has 1 aliphatic rings. The summed E-state index contributed by atoms with van der Waals surface area (Å²) in [6, 6.07) is 8.76. The molecule has 1 fully saturated rings. The summed E-state index contributed by atoms with van der Waals surface area (Å²) in [7, 11) is 1.71. The Labute approximate surface area is 166 Å². The Kier molecular flexibility index (Phi) is 8.60. The average Bonchev–Trinajstić information content (AvgIpc) is 3.07. The van der Waals surface area contributed by atoms with Crippen molar-refractivity contribution >= 4 is 5.96 Å². The highest BCUT2D eigenvalue weighted by molar-refractivity contribution is 5.79. The van der Waals surface area contributed by atoms with Crippen molar-refractivity contribution in [3.8, 4) is 0 Å². The van der Waals surface area contributed by atoms with E-state index < -0.39 is 12.7 Å². The van der Waals surface area contributed by atoms with E-state index in [0.29, 0.717) is 31.5 Å². The molecule has 1 aromatic carbocycles. The lowest BCUT2D eigenvalue weighted by molar-refractivity contribution is -0.143. The molecule has 0 aromatic heterocycles. The monoisotopic (exact) mass is 398 g/mol. The quantitative estimate of drug-likeness (QED) is 0.398.